The van der Waals surface area contributed by atoms with Crippen molar-refractivity contribution in [1.82, 2.24) is 0 Å². The predicted molar refractivity (Wildman–Crippen MR) is 178 cm³/mol. The van der Waals surface area contributed by atoms with Crippen LogP contribution in [-0.2, 0) is 5.41 Å². The summed E-state index contributed by atoms with van der Waals surface area (Å²) in [5.74, 6) is 1.73. The van der Waals surface area contributed by atoms with Crippen molar-refractivity contribution in [2.75, 3.05) is 9.80 Å². The highest BCUT2D eigenvalue weighted by atomic mass is 16.5. The molecule has 2 aliphatic rings. The maximum Gasteiger partial charge on any atom is 0.175 e. The second-order valence-electron chi connectivity index (χ2n) is 11.9. The van der Waals surface area contributed by atoms with E-state index in [-0.39, 0.29) is 5.41 Å². The second kappa shape index (κ2) is 9.64. The first-order valence-electron chi connectivity index (χ1n) is 14.9. The van der Waals surface area contributed by atoms with Crippen LogP contribution in [0.3, 0.4) is 0 Å². The van der Waals surface area contributed by atoms with Gasteiger partial charge in [-0.3, -0.25) is 0 Å². The summed E-state index contributed by atoms with van der Waals surface area (Å²) in [6.45, 7) is 6.85. The van der Waals surface area contributed by atoms with E-state index in [4.69, 9.17) is 4.74 Å². The van der Waals surface area contributed by atoms with Crippen molar-refractivity contribution in [1.29, 1.82) is 0 Å². The summed E-state index contributed by atoms with van der Waals surface area (Å²) in [4.78, 5) is 4.75. The van der Waals surface area contributed by atoms with Crippen LogP contribution in [0, 0.1) is 6.92 Å². The molecule has 0 radical (unpaired) electrons. The highest BCUT2D eigenvalue weighted by Gasteiger charge is 2.43. The van der Waals surface area contributed by atoms with Crippen molar-refractivity contribution in [2.45, 2.75) is 26.2 Å². The molecular weight excluding hydrogens is 524 g/mol. The molecule has 6 aromatic rings. The molecule has 0 aromatic heterocycles. The number of nitrogens with zero attached hydrogens (tertiary/aromatic N) is 2. The highest BCUT2D eigenvalue weighted by molar-refractivity contribution is 5.99. The maximum absolute atomic E-state index is 7.15. The average molecular weight is 557 g/mol. The number of aryl methyl sites for hydroxylation is 1. The largest absolute Gasteiger partial charge is 0.451 e. The van der Waals surface area contributed by atoms with E-state index in [0.717, 1.165) is 51.1 Å². The first-order chi connectivity index (χ1) is 21.0. The van der Waals surface area contributed by atoms with Gasteiger partial charge in [-0.25, -0.2) is 0 Å². The molecule has 2 aliphatic heterocycles. The molecule has 0 N–H and O–H groups in total. The normalized spacial score (nSPS) is 13.8. The lowest BCUT2D eigenvalue weighted by molar-refractivity contribution is 0.472. The lowest BCUT2D eigenvalue weighted by atomic mass is 9.72. The molecule has 208 valence electrons. The molecule has 0 atom stereocenters. The summed E-state index contributed by atoms with van der Waals surface area (Å²) in [5.41, 5.74) is 12.4. The number of anilines is 6. The monoisotopic (exact) mass is 556 g/mol. The van der Waals surface area contributed by atoms with E-state index in [1.165, 1.54) is 22.4 Å². The lowest BCUT2D eigenvalue weighted by Gasteiger charge is -2.46. The third-order valence-corrected chi connectivity index (χ3v) is 8.92. The summed E-state index contributed by atoms with van der Waals surface area (Å²) in [6, 6.07) is 49.5. The van der Waals surface area contributed by atoms with Gasteiger partial charge in [-0.1, -0.05) is 105 Å². The zero-order valence-corrected chi connectivity index (χ0v) is 24.6. The first kappa shape index (κ1) is 25.4. The number of rotatable bonds is 4. The van der Waals surface area contributed by atoms with Crippen molar-refractivity contribution in [3.63, 3.8) is 0 Å². The van der Waals surface area contributed by atoms with Gasteiger partial charge in [-0.05, 0) is 83.3 Å². The van der Waals surface area contributed by atoms with Gasteiger partial charge in [0.15, 0.2) is 11.5 Å². The van der Waals surface area contributed by atoms with Crippen LogP contribution < -0.4 is 14.5 Å². The van der Waals surface area contributed by atoms with Crippen molar-refractivity contribution < 1.29 is 4.74 Å². The fourth-order valence-corrected chi connectivity index (χ4v) is 6.79. The quantitative estimate of drug-likeness (QED) is 0.214. The SMILES string of the molecule is Cc1ccc(N(c2ccccc2)c2ccccc2)c2c1N1c3ccccc3C(C)(C)c3cc(-c4ccccc4)cc(c31)O2. The Hall–Kier alpha value is -5.28. The van der Waals surface area contributed by atoms with Crippen LogP contribution in [0.2, 0.25) is 0 Å². The van der Waals surface area contributed by atoms with Gasteiger partial charge in [-0.15, -0.1) is 0 Å². The Kier molecular flexibility index (Phi) is 5.70. The van der Waals surface area contributed by atoms with E-state index >= 15 is 0 Å². The van der Waals surface area contributed by atoms with Gasteiger partial charge in [0.25, 0.3) is 0 Å². The summed E-state index contributed by atoms with van der Waals surface area (Å²) in [6.07, 6.45) is 0. The molecule has 0 amide bonds. The van der Waals surface area contributed by atoms with E-state index in [2.05, 4.69) is 170 Å². The summed E-state index contributed by atoms with van der Waals surface area (Å²) >= 11 is 0. The molecule has 0 spiro atoms. The number of fused-ring (bicyclic) bond motifs is 4. The third kappa shape index (κ3) is 3.89. The first-order valence-corrected chi connectivity index (χ1v) is 14.9. The number of ether oxygens (including phenoxy) is 1. The zero-order valence-electron chi connectivity index (χ0n) is 24.6. The van der Waals surface area contributed by atoms with Gasteiger partial charge in [0.1, 0.15) is 0 Å². The molecule has 3 nitrogen and oxygen atoms in total. The van der Waals surface area contributed by atoms with Crippen LogP contribution in [0.25, 0.3) is 11.1 Å². The molecule has 0 saturated carbocycles. The Labute approximate surface area is 253 Å². The smallest absolute Gasteiger partial charge is 0.175 e. The minimum atomic E-state index is -0.214. The minimum Gasteiger partial charge on any atom is -0.451 e. The third-order valence-electron chi connectivity index (χ3n) is 8.92. The van der Waals surface area contributed by atoms with E-state index in [0.29, 0.717) is 0 Å². The van der Waals surface area contributed by atoms with Gasteiger partial charge in [-0.2, -0.15) is 0 Å². The standard InChI is InChI=1S/C40H32N2O/c1-27-23-24-35(41(30-17-9-5-10-18-30)31-19-11-6-12-20-31)39-37(27)42-34-22-14-13-21-32(34)40(2,3)33-25-29(26-36(43-39)38(33)42)28-15-7-4-8-16-28/h4-26H,1-3H3. The van der Waals surface area contributed by atoms with Crippen LogP contribution in [-0.4, -0.2) is 0 Å². The van der Waals surface area contributed by atoms with Gasteiger partial charge >= 0.3 is 0 Å². The maximum atomic E-state index is 7.15. The van der Waals surface area contributed by atoms with Crippen LogP contribution in [0.4, 0.5) is 34.1 Å². The Balaban J connectivity index is 1.44. The van der Waals surface area contributed by atoms with Gasteiger partial charge in [0.05, 0.1) is 22.7 Å². The average Bonchev–Trinajstić information content (AvgIpc) is 3.05. The number of benzene rings is 6. The number of hydrogen-bond donors (Lipinski definition) is 0. The van der Waals surface area contributed by atoms with Crippen molar-refractivity contribution >= 4 is 34.1 Å². The summed E-state index contributed by atoms with van der Waals surface area (Å²) < 4.78 is 7.15. The predicted octanol–water partition coefficient (Wildman–Crippen LogP) is 11.3. The van der Waals surface area contributed by atoms with Gasteiger partial charge < -0.3 is 14.5 Å². The van der Waals surface area contributed by atoms with Crippen molar-refractivity contribution in [2.24, 2.45) is 0 Å². The number of hydrogen-bond acceptors (Lipinski definition) is 3. The van der Waals surface area contributed by atoms with Gasteiger partial charge in [0, 0.05) is 16.8 Å². The van der Waals surface area contributed by atoms with E-state index in [1.54, 1.807) is 0 Å². The van der Waals surface area contributed by atoms with E-state index < -0.39 is 0 Å². The summed E-state index contributed by atoms with van der Waals surface area (Å²) in [5, 5.41) is 0. The fourth-order valence-electron chi connectivity index (χ4n) is 6.79. The van der Waals surface area contributed by atoms with Crippen LogP contribution in [0.5, 0.6) is 11.5 Å². The zero-order chi connectivity index (χ0) is 29.1. The van der Waals surface area contributed by atoms with Crippen molar-refractivity contribution in [3.05, 3.63) is 156 Å². The fraction of sp³-hybridized carbons (Fsp3) is 0.100. The van der Waals surface area contributed by atoms with Crippen LogP contribution in [0.15, 0.2) is 140 Å². The Morgan fingerprint density at radius 1 is 0.581 bits per heavy atom. The Morgan fingerprint density at radius 2 is 1.19 bits per heavy atom. The molecule has 2 heterocycles. The molecule has 0 fully saturated rings. The molecule has 3 heteroatoms. The Bertz CT molecular complexity index is 1940. The molecule has 43 heavy (non-hydrogen) atoms. The molecule has 6 aromatic carbocycles. The summed E-state index contributed by atoms with van der Waals surface area (Å²) in [7, 11) is 0. The second-order valence-corrected chi connectivity index (χ2v) is 11.9. The number of para-hydroxylation sites is 3. The Morgan fingerprint density at radius 3 is 1.86 bits per heavy atom. The molecule has 0 saturated heterocycles. The van der Waals surface area contributed by atoms with Crippen molar-refractivity contribution in [3.8, 4) is 22.6 Å². The van der Waals surface area contributed by atoms with E-state index in [9.17, 15) is 0 Å². The minimum absolute atomic E-state index is 0.214. The van der Waals surface area contributed by atoms with Crippen LogP contribution in [0.1, 0.15) is 30.5 Å². The highest BCUT2D eigenvalue weighted by Crippen LogP contribution is 2.63. The molecular formula is C40H32N2O. The molecule has 0 aliphatic carbocycles. The van der Waals surface area contributed by atoms with E-state index in [1.807, 2.05) is 0 Å². The molecule has 8 rings (SSSR count). The van der Waals surface area contributed by atoms with Crippen LogP contribution >= 0.6 is 0 Å². The topological polar surface area (TPSA) is 15.7 Å². The lowest BCUT2D eigenvalue weighted by Crippen LogP contribution is -2.33. The molecule has 0 unspecified atom stereocenters. The van der Waals surface area contributed by atoms with Gasteiger partial charge in [0.2, 0.25) is 0 Å². The molecule has 0 bridgehead atoms.